The van der Waals surface area contributed by atoms with E-state index in [-0.39, 0.29) is 0 Å². The average molecular weight is 613 g/mol. The number of thiophene rings is 1. The lowest BCUT2D eigenvalue weighted by Gasteiger charge is -2.09. The molecule has 1 aliphatic rings. The second-order valence-electron chi connectivity index (χ2n) is 11.0. The van der Waals surface area contributed by atoms with Crippen LogP contribution in [0.15, 0.2) is 159 Å². The van der Waals surface area contributed by atoms with Crippen molar-refractivity contribution in [3.8, 4) is 33.4 Å². The molecule has 45 heavy (non-hydrogen) atoms. The lowest BCUT2D eigenvalue weighted by molar-refractivity contribution is 1.39. The standard InChI is InChI=1S/C41H28N2S2/c1-42-37(41-38(43-2)35-12-6-7-17-36(35)44-41)30-24-20-27(21-25-30)26-18-22-29(23-19-26)32-14-9-16-34-33-15-8-13-31(39(33)45-40(32)34)28-10-4-3-5-11-28/h3-25H,1H2,2H3/b41-37+,43-38?. The molecule has 0 aliphatic carbocycles. The minimum atomic E-state index is 0.866. The zero-order valence-corrected chi connectivity index (χ0v) is 26.3. The summed E-state index contributed by atoms with van der Waals surface area (Å²) >= 11 is 3.60. The molecule has 8 rings (SSSR count). The number of allylic oxidation sites excluding steroid dienone is 1. The van der Waals surface area contributed by atoms with E-state index in [1.165, 1.54) is 52.9 Å². The Kier molecular flexibility index (Phi) is 7.02. The predicted octanol–water partition coefficient (Wildman–Crippen LogP) is 11.6. The Bertz CT molecular complexity index is 2290. The van der Waals surface area contributed by atoms with Crippen LogP contribution in [0.25, 0.3) is 59.3 Å². The van der Waals surface area contributed by atoms with E-state index in [0.29, 0.717) is 0 Å². The van der Waals surface area contributed by atoms with Crippen LogP contribution in [0.1, 0.15) is 11.1 Å². The van der Waals surface area contributed by atoms with Gasteiger partial charge in [0.15, 0.2) is 0 Å². The molecule has 0 spiro atoms. The van der Waals surface area contributed by atoms with Gasteiger partial charge in [-0.05, 0) is 46.2 Å². The Morgan fingerprint density at radius 2 is 1.07 bits per heavy atom. The van der Waals surface area contributed by atoms with Crippen molar-refractivity contribution in [1.29, 1.82) is 0 Å². The molecule has 0 amide bonds. The SMILES string of the molecule is C=N/C(=C1/Sc2ccccc2C1=NC)c1ccc(-c2ccc(-c3cccc4c3sc3c(-c5ccccc5)cccc34)cc2)cc1. The van der Waals surface area contributed by atoms with Crippen molar-refractivity contribution in [2.24, 2.45) is 9.98 Å². The molecule has 2 heterocycles. The van der Waals surface area contributed by atoms with Crippen LogP contribution in [-0.4, -0.2) is 19.5 Å². The second-order valence-corrected chi connectivity index (χ2v) is 13.1. The first-order chi connectivity index (χ1) is 22.2. The molecule has 0 unspecified atom stereocenters. The number of hydrogen-bond donors (Lipinski definition) is 0. The van der Waals surface area contributed by atoms with Crippen molar-refractivity contribution in [3.63, 3.8) is 0 Å². The summed E-state index contributed by atoms with van der Waals surface area (Å²) in [7, 11) is 1.84. The molecule has 4 heteroatoms. The van der Waals surface area contributed by atoms with Gasteiger partial charge in [-0.15, -0.1) is 11.3 Å². The maximum atomic E-state index is 4.60. The maximum absolute atomic E-state index is 4.60. The molecule has 1 aromatic heterocycles. The minimum Gasteiger partial charge on any atom is -0.287 e. The molecular formula is C41H28N2S2. The summed E-state index contributed by atoms with van der Waals surface area (Å²) in [5.41, 5.74) is 11.4. The fourth-order valence-corrected chi connectivity index (χ4v) is 8.85. The molecule has 0 N–H and O–H groups in total. The number of rotatable bonds is 5. The first-order valence-corrected chi connectivity index (χ1v) is 16.5. The van der Waals surface area contributed by atoms with Crippen LogP contribution in [0, 0.1) is 0 Å². The first kappa shape index (κ1) is 27.5. The van der Waals surface area contributed by atoms with Crippen LogP contribution in [0.5, 0.6) is 0 Å². The highest BCUT2D eigenvalue weighted by molar-refractivity contribution is 8.05. The van der Waals surface area contributed by atoms with Crippen LogP contribution < -0.4 is 0 Å². The highest BCUT2D eigenvalue weighted by atomic mass is 32.2. The molecule has 7 aromatic rings. The Labute approximate surface area is 271 Å². The predicted molar refractivity (Wildman–Crippen MR) is 197 cm³/mol. The third-order valence-corrected chi connectivity index (χ3v) is 10.9. The van der Waals surface area contributed by atoms with Gasteiger partial charge in [0.1, 0.15) is 0 Å². The zero-order chi connectivity index (χ0) is 30.3. The van der Waals surface area contributed by atoms with Gasteiger partial charge in [0.05, 0.1) is 16.3 Å². The summed E-state index contributed by atoms with van der Waals surface area (Å²) in [5, 5.41) is 2.63. The van der Waals surface area contributed by atoms with Gasteiger partial charge >= 0.3 is 0 Å². The van der Waals surface area contributed by atoms with Crippen LogP contribution in [-0.2, 0) is 0 Å². The van der Waals surface area contributed by atoms with E-state index >= 15 is 0 Å². The quantitative estimate of drug-likeness (QED) is 0.178. The maximum Gasteiger partial charge on any atom is 0.0856 e. The highest BCUT2D eigenvalue weighted by Gasteiger charge is 2.26. The molecule has 6 aromatic carbocycles. The van der Waals surface area contributed by atoms with Crippen molar-refractivity contribution >= 4 is 61.4 Å². The number of hydrogen-bond acceptors (Lipinski definition) is 4. The van der Waals surface area contributed by atoms with Crippen LogP contribution in [0.3, 0.4) is 0 Å². The van der Waals surface area contributed by atoms with Gasteiger partial charge in [-0.25, -0.2) is 0 Å². The topological polar surface area (TPSA) is 24.7 Å². The van der Waals surface area contributed by atoms with Crippen molar-refractivity contribution in [2.45, 2.75) is 4.90 Å². The third kappa shape index (κ3) is 4.74. The molecule has 0 saturated heterocycles. The molecule has 0 radical (unpaired) electrons. The van der Waals surface area contributed by atoms with E-state index in [9.17, 15) is 0 Å². The van der Waals surface area contributed by atoms with Gasteiger partial charge in [-0.2, -0.15) is 0 Å². The summed E-state index contributed by atoms with van der Waals surface area (Å²) in [4.78, 5) is 11.3. The minimum absolute atomic E-state index is 0.866. The van der Waals surface area contributed by atoms with Gasteiger partial charge in [0.2, 0.25) is 0 Å². The van der Waals surface area contributed by atoms with E-state index in [0.717, 1.165) is 33.0 Å². The lowest BCUT2D eigenvalue weighted by atomic mass is 9.97. The monoisotopic (exact) mass is 612 g/mol. The number of nitrogens with zero attached hydrogens (tertiary/aromatic N) is 2. The fraction of sp³-hybridized carbons (Fsp3) is 0.0244. The lowest BCUT2D eigenvalue weighted by Crippen LogP contribution is -1.99. The molecule has 0 saturated carbocycles. The second kappa shape index (κ2) is 11.5. The smallest absolute Gasteiger partial charge is 0.0856 e. The van der Waals surface area contributed by atoms with Crippen molar-refractivity contribution in [2.75, 3.05) is 7.05 Å². The number of benzene rings is 6. The van der Waals surface area contributed by atoms with Crippen molar-refractivity contribution in [3.05, 3.63) is 156 Å². The van der Waals surface area contributed by atoms with E-state index in [4.69, 9.17) is 0 Å². The summed E-state index contributed by atoms with van der Waals surface area (Å²) in [6.07, 6.45) is 0. The molecular weight excluding hydrogens is 585 g/mol. The van der Waals surface area contributed by atoms with Crippen molar-refractivity contribution < 1.29 is 0 Å². The van der Waals surface area contributed by atoms with E-state index in [1.807, 2.05) is 18.4 Å². The number of fused-ring (bicyclic) bond motifs is 4. The summed E-state index contributed by atoms with van der Waals surface area (Å²) in [5.74, 6) is 0. The van der Waals surface area contributed by atoms with Gasteiger partial charge in [-0.3, -0.25) is 9.98 Å². The molecule has 0 fully saturated rings. The molecule has 0 bridgehead atoms. The summed E-state index contributed by atoms with van der Waals surface area (Å²) in [6.45, 7) is 3.91. The van der Waals surface area contributed by atoms with E-state index in [2.05, 4.69) is 156 Å². The molecule has 2 nitrogen and oxygen atoms in total. The Balaban J connectivity index is 1.12. The number of aliphatic imine (C=N–C) groups is 2. The molecule has 0 atom stereocenters. The van der Waals surface area contributed by atoms with Crippen LogP contribution >= 0.6 is 23.1 Å². The van der Waals surface area contributed by atoms with Crippen LogP contribution in [0.2, 0.25) is 0 Å². The first-order valence-electron chi connectivity index (χ1n) is 14.9. The van der Waals surface area contributed by atoms with Gasteiger partial charge < -0.3 is 0 Å². The van der Waals surface area contributed by atoms with Crippen LogP contribution in [0.4, 0.5) is 0 Å². The third-order valence-electron chi connectivity index (χ3n) is 8.46. The Morgan fingerprint density at radius 1 is 0.533 bits per heavy atom. The Morgan fingerprint density at radius 3 is 1.69 bits per heavy atom. The average Bonchev–Trinajstić information content (AvgIpc) is 3.68. The normalized spacial score (nSPS) is 14.6. The number of thioether (sulfide) groups is 1. The molecule has 1 aliphatic heterocycles. The van der Waals surface area contributed by atoms with Crippen molar-refractivity contribution in [1.82, 2.24) is 0 Å². The van der Waals surface area contributed by atoms with Gasteiger partial charge in [0, 0.05) is 43.2 Å². The fourth-order valence-electron chi connectivity index (χ4n) is 6.26. The summed E-state index contributed by atoms with van der Waals surface area (Å²) < 4.78 is 2.66. The van der Waals surface area contributed by atoms with E-state index in [1.54, 1.807) is 11.8 Å². The van der Waals surface area contributed by atoms with E-state index < -0.39 is 0 Å². The largest absolute Gasteiger partial charge is 0.287 e. The molecule has 214 valence electrons. The Hall–Kier alpha value is -5.03. The zero-order valence-electron chi connectivity index (χ0n) is 24.7. The summed E-state index contributed by atoms with van der Waals surface area (Å²) in [6, 6.07) is 50.0. The van der Waals surface area contributed by atoms with Gasteiger partial charge in [0.25, 0.3) is 0 Å². The highest BCUT2D eigenvalue weighted by Crippen LogP contribution is 2.45. The van der Waals surface area contributed by atoms with Gasteiger partial charge in [-0.1, -0.05) is 145 Å².